The molecule has 6 nitrogen and oxygen atoms in total. The van der Waals surface area contributed by atoms with Crippen molar-refractivity contribution >= 4 is 33.8 Å². The van der Waals surface area contributed by atoms with E-state index < -0.39 is 0 Å². The van der Waals surface area contributed by atoms with Crippen LogP contribution in [0.5, 0.6) is 0 Å². The number of likely N-dealkylation sites (tertiary alicyclic amines) is 1. The molecule has 2 aromatic heterocycles. The zero-order valence-corrected chi connectivity index (χ0v) is 18.7. The first-order chi connectivity index (χ1) is 14.9. The van der Waals surface area contributed by atoms with Gasteiger partial charge in [-0.2, -0.15) is 0 Å². The second kappa shape index (κ2) is 9.01. The molecule has 1 unspecified atom stereocenters. The molecule has 0 saturated carbocycles. The third-order valence-electron chi connectivity index (χ3n) is 5.30. The van der Waals surface area contributed by atoms with Crippen molar-refractivity contribution in [3.8, 4) is 0 Å². The van der Waals surface area contributed by atoms with Crippen molar-refractivity contribution in [3.63, 3.8) is 0 Å². The third kappa shape index (κ3) is 4.85. The molecular weight excluding hydrogens is 413 g/mol. The Labute approximate surface area is 185 Å². The molecular formula is C23H26FN5OS. The van der Waals surface area contributed by atoms with E-state index in [4.69, 9.17) is 4.98 Å². The summed E-state index contributed by atoms with van der Waals surface area (Å²) in [6.45, 7) is 7.93. The lowest BCUT2D eigenvalue weighted by molar-refractivity contribution is 0.0794. The van der Waals surface area contributed by atoms with Crippen LogP contribution in [-0.2, 0) is 0 Å². The van der Waals surface area contributed by atoms with Gasteiger partial charge in [0.25, 0.3) is 5.91 Å². The van der Waals surface area contributed by atoms with Crippen molar-refractivity contribution in [3.05, 3.63) is 64.2 Å². The lowest BCUT2D eigenvalue weighted by Gasteiger charge is -2.17. The van der Waals surface area contributed by atoms with Crippen molar-refractivity contribution in [2.75, 3.05) is 30.3 Å². The molecule has 3 aromatic rings. The van der Waals surface area contributed by atoms with Crippen molar-refractivity contribution < 1.29 is 9.18 Å². The monoisotopic (exact) mass is 439 g/mol. The molecule has 0 radical (unpaired) electrons. The summed E-state index contributed by atoms with van der Waals surface area (Å²) in [7, 11) is 0. The lowest BCUT2D eigenvalue weighted by atomic mass is 10.0. The molecule has 1 aromatic carbocycles. The number of aryl methyl sites for hydroxylation is 2. The molecule has 0 spiro atoms. The number of amides is 1. The Balaban J connectivity index is 1.48. The fraction of sp³-hybridized carbons (Fsp3) is 0.348. The summed E-state index contributed by atoms with van der Waals surface area (Å²) in [5.74, 6) is -0.0811. The van der Waals surface area contributed by atoms with E-state index in [0.717, 1.165) is 40.9 Å². The molecule has 31 heavy (non-hydrogen) atoms. The number of rotatable bonds is 6. The van der Waals surface area contributed by atoms with Gasteiger partial charge in [-0.05, 0) is 57.5 Å². The minimum Gasteiger partial charge on any atom is -0.362 e. The summed E-state index contributed by atoms with van der Waals surface area (Å²) >= 11 is 1.41. The van der Waals surface area contributed by atoms with Gasteiger partial charge in [-0.1, -0.05) is 17.4 Å². The molecule has 8 heteroatoms. The number of benzene rings is 1. The largest absolute Gasteiger partial charge is 0.362 e. The van der Waals surface area contributed by atoms with E-state index in [9.17, 15) is 9.18 Å². The number of halogens is 1. The van der Waals surface area contributed by atoms with Gasteiger partial charge in [0, 0.05) is 48.3 Å². The van der Waals surface area contributed by atoms with Gasteiger partial charge < -0.3 is 15.5 Å². The highest BCUT2D eigenvalue weighted by atomic mass is 32.1. The van der Waals surface area contributed by atoms with E-state index in [1.807, 2.05) is 43.9 Å². The Hall–Kier alpha value is -3.00. The van der Waals surface area contributed by atoms with Crippen molar-refractivity contribution in [2.45, 2.75) is 33.1 Å². The molecule has 4 rings (SSSR count). The van der Waals surface area contributed by atoms with Crippen LogP contribution >= 0.6 is 11.3 Å². The first kappa shape index (κ1) is 21.2. The molecule has 2 N–H and O–H groups in total. The SMILES string of the molecule is CCNc1nc(C)c(C(=O)N2CCC(c3cc(Nc4cccc(F)c4)cc(C)n3)C2)s1. The van der Waals surface area contributed by atoms with Gasteiger partial charge in [0.05, 0.1) is 5.69 Å². The maximum atomic E-state index is 13.5. The Morgan fingerprint density at radius 3 is 2.84 bits per heavy atom. The molecule has 162 valence electrons. The van der Waals surface area contributed by atoms with Gasteiger partial charge in [0.1, 0.15) is 10.7 Å². The lowest BCUT2D eigenvalue weighted by Crippen LogP contribution is -2.28. The van der Waals surface area contributed by atoms with E-state index in [1.54, 1.807) is 6.07 Å². The summed E-state index contributed by atoms with van der Waals surface area (Å²) in [5.41, 5.74) is 4.16. The number of nitrogens with zero attached hydrogens (tertiary/aromatic N) is 3. The van der Waals surface area contributed by atoms with Gasteiger partial charge in [-0.15, -0.1) is 0 Å². The minimum atomic E-state index is -0.281. The Morgan fingerprint density at radius 1 is 1.23 bits per heavy atom. The number of hydrogen-bond donors (Lipinski definition) is 2. The number of hydrogen-bond acceptors (Lipinski definition) is 6. The highest BCUT2D eigenvalue weighted by molar-refractivity contribution is 7.17. The van der Waals surface area contributed by atoms with Crippen LogP contribution in [-0.4, -0.2) is 40.4 Å². The molecule has 1 fully saturated rings. The Morgan fingerprint density at radius 2 is 2.06 bits per heavy atom. The summed E-state index contributed by atoms with van der Waals surface area (Å²) in [6.07, 6.45) is 0.861. The van der Waals surface area contributed by atoms with E-state index >= 15 is 0 Å². The van der Waals surface area contributed by atoms with Crippen molar-refractivity contribution in [1.82, 2.24) is 14.9 Å². The van der Waals surface area contributed by atoms with Crippen LogP contribution in [0, 0.1) is 19.7 Å². The molecule has 0 aliphatic carbocycles. The molecule has 1 saturated heterocycles. The number of thiazole rings is 1. The third-order valence-corrected chi connectivity index (χ3v) is 6.40. The molecule has 3 heterocycles. The quantitative estimate of drug-likeness (QED) is 0.559. The van der Waals surface area contributed by atoms with Crippen molar-refractivity contribution in [2.24, 2.45) is 0 Å². The van der Waals surface area contributed by atoms with Crippen LogP contribution in [0.25, 0.3) is 0 Å². The zero-order chi connectivity index (χ0) is 22.0. The molecule has 1 amide bonds. The van der Waals surface area contributed by atoms with E-state index in [1.165, 1.54) is 23.5 Å². The first-order valence-corrected chi connectivity index (χ1v) is 11.3. The van der Waals surface area contributed by atoms with Crippen LogP contribution in [0.1, 0.15) is 46.0 Å². The van der Waals surface area contributed by atoms with Gasteiger partial charge in [0.2, 0.25) is 0 Å². The highest BCUT2D eigenvalue weighted by Gasteiger charge is 2.31. The highest BCUT2D eigenvalue weighted by Crippen LogP contribution is 2.32. The maximum Gasteiger partial charge on any atom is 0.265 e. The summed E-state index contributed by atoms with van der Waals surface area (Å²) in [5, 5.41) is 7.22. The van der Waals surface area contributed by atoms with Crippen LogP contribution in [0.15, 0.2) is 36.4 Å². The predicted octanol–water partition coefficient (Wildman–Crippen LogP) is 5.10. The predicted molar refractivity (Wildman–Crippen MR) is 123 cm³/mol. The molecule has 1 aliphatic rings. The second-order valence-corrected chi connectivity index (χ2v) is 8.76. The fourth-order valence-corrected chi connectivity index (χ4v) is 4.86. The average Bonchev–Trinajstić information content (AvgIpc) is 3.34. The smallest absolute Gasteiger partial charge is 0.265 e. The normalized spacial score (nSPS) is 15.9. The number of carbonyl (C=O) groups excluding carboxylic acids is 1. The Kier molecular flexibility index (Phi) is 6.18. The molecule has 1 aliphatic heterocycles. The van der Waals surface area contributed by atoms with E-state index in [2.05, 4.69) is 15.6 Å². The van der Waals surface area contributed by atoms with E-state index in [0.29, 0.717) is 23.7 Å². The average molecular weight is 440 g/mol. The minimum absolute atomic E-state index is 0.0346. The zero-order valence-electron chi connectivity index (χ0n) is 17.9. The number of pyridine rings is 1. The van der Waals surface area contributed by atoms with Crippen LogP contribution in [0.3, 0.4) is 0 Å². The van der Waals surface area contributed by atoms with Crippen LogP contribution in [0.2, 0.25) is 0 Å². The summed E-state index contributed by atoms with van der Waals surface area (Å²) in [4.78, 5) is 24.8. The molecule has 0 bridgehead atoms. The maximum absolute atomic E-state index is 13.5. The standard InChI is InChI=1S/C23H26FN5OS/c1-4-25-23-27-15(3)21(31-23)22(30)29-9-8-16(13-29)20-12-19(10-14(2)26-20)28-18-7-5-6-17(24)11-18/h5-7,10-12,16H,4,8-9,13H2,1-3H3,(H,25,27)(H,26,28). The summed E-state index contributed by atoms with van der Waals surface area (Å²) < 4.78 is 13.5. The molecule has 1 atom stereocenters. The number of anilines is 3. The number of carbonyl (C=O) groups is 1. The van der Waals surface area contributed by atoms with Gasteiger partial charge >= 0.3 is 0 Å². The van der Waals surface area contributed by atoms with Crippen molar-refractivity contribution in [1.29, 1.82) is 0 Å². The number of aromatic nitrogens is 2. The van der Waals surface area contributed by atoms with Crippen LogP contribution < -0.4 is 10.6 Å². The van der Waals surface area contributed by atoms with Gasteiger partial charge in [-0.3, -0.25) is 9.78 Å². The number of nitrogens with one attached hydrogen (secondary N) is 2. The fourth-order valence-electron chi connectivity index (χ4n) is 3.86. The van der Waals surface area contributed by atoms with Crippen LogP contribution in [0.4, 0.5) is 20.9 Å². The van der Waals surface area contributed by atoms with Gasteiger partial charge in [-0.25, -0.2) is 9.37 Å². The second-order valence-electron chi connectivity index (χ2n) is 7.76. The first-order valence-electron chi connectivity index (χ1n) is 10.4. The van der Waals surface area contributed by atoms with Gasteiger partial charge in [0.15, 0.2) is 5.13 Å². The summed E-state index contributed by atoms with van der Waals surface area (Å²) in [6, 6.07) is 10.3. The topological polar surface area (TPSA) is 70.2 Å². The Bertz CT molecular complexity index is 1100. The van der Waals surface area contributed by atoms with E-state index in [-0.39, 0.29) is 17.6 Å².